The molecule has 1 aliphatic heterocycles. The second-order valence-corrected chi connectivity index (χ2v) is 14.2. The van der Waals surface area contributed by atoms with Crippen molar-refractivity contribution in [3.63, 3.8) is 0 Å². The topological polar surface area (TPSA) is 18.5 Å². The normalized spacial score (nSPS) is 19.9. The molecule has 0 amide bonds. The Morgan fingerprint density at radius 3 is 2.00 bits per heavy atom. The van der Waals surface area contributed by atoms with Gasteiger partial charge in [-0.15, -0.1) is 0 Å². The van der Waals surface area contributed by atoms with E-state index >= 15 is 0 Å². The molecule has 0 atom stereocenters. The Kier molecular flexibility index (Phi) is 4.02. The molecule has 0 saturated carbocycles. The third-order valence-corrected chi connectivity index (χ3v) is 7.49. The minimum atomic E-state index is -1.48. The summed E-state index contributed by atoms with van der Waals surface area (Å²) in [7, 11) is -1.78. The number of rotatable bonds is 2. The lowest BCUT2D eigenvalue weighted by Crippen LogP contribution is -2.43. The van der Waals surface area contributed by atoms with Gasteiger partial charge in [-0.1, -0.05) is 60.7 Å². The molecule has 0 aromatic heterocycles. The van der Waals surface area contributed by atoms with Crippen LogP contribution in [-0.4, -0.2) is 26.4 Å². The summed E-state index contributed by atoms with van der Waals surface area (Å²) in [6, 6.07) is 11.3. The number of hydrogen-bond donors (Lipinski definition) is 0. The monoisotopic (exact) mass is 340 g/mol. The molecule has 0 bridgehead atoms. The molecular weight excluding hydrogens is 311 g/mol. The molecule has 128 valence electrons. The Labute approximate surface area is 147 Å². The average molecular weight is 340 g/mol. The van der Waals surface area contributed by atoms with Crippen molar-refractivity contribution >= 4 is 36.6 Å². The average Bonchev–Trinajstić information content (AvgIpc) is 2.64. The summed E-state index contributed by atoms with van der Waals surface area (Å²) in [4.78, 5) is 0. The van der Waals surface area contributed by atoms with Crippen LogP contribution in [-0.2, 0) is 9.31 Å². The minimum Gasteiger partial charge on any atom is -0.399 e. The van der Waals surface area contributed by atoms with Gasteiger partial charge >= 0.3 is 7.12 Å². The highest BCUT2D eigenvalue weighted by molar-refractivity contribution is 6.90. The highest BCUT2D eigenvalue weighted by atomic mass is 28.3. The van der Waals surface area contributed by atoms with E-state index in [-0.39, 0.29) is 18.3 Å². The van der Waals surface area contributed by atoms with Gasteiger partial charge in [0.2, 0.25) is 0 Å². The third-order valence-electron chi connectivity index (χ3n) is 5.46. The smallest absolute Gasteiger partial charge is 0.399 e. The standard InChI is InChI=1S/C20H29BO2Si/c1-14-9-10-17-15(11-14)12-16(13-18(17)24(6,7)8)21-22-19(2,3)20(4,5)23-21/h9-13H,1-8H3. The van der Waals surface area contributed by atoms with Crippen LogP contribution in [0.5, 0.6) is 0 Å². The Morgan fingerprint density at radius 2 is 1.46 bits per heavy atom. The Bertz CT molecular complexity index is 774. The van der Waals surface area contributed by atoms with E-state index in [4.69, 9.17) is 9.31 Å². The van der Waals surface area contributed by atoms with E-state index < -0.39 is 8.07 Å². The fourth-order valence-corrected chi connectivity index (χ4v) is 4.88. The minimum absolute atomic E-state index is 0.296. The summed E-state index contributed by atoms with van der Waals surface area (Å²) < 4.78 is 12.6. The van der Waals surface area contributed by atoms with Crippen molar-refractivity contribution in [1.82, 2.24) is 0 Å². The quantitative estimate of drug-likeness (QED) is 0.770. The molecule has 2 nitrogen and oxygen atoms in total. The lowest BCUT2D eigenvalue weighted by molar-refractivity contribution is 0.00578. The van der Waals surface area contributed by atoms with Crippen LogP contribution in [0.3, 0.4) is 0 Å². The van der Waals surface area contributed by atoms with Crippen molar-refractivity contribution in [3.05, 3.63) is 35.9 Å². The molecule has 1 aliphatic rings. The zero-order chi connectivity index (χ0) is 17.9. The Balaban J connectivity index is 2.17. The highest BCUT2D eigenvalue weighted by Gasteiger charge is 2.51. The van der Waals surface area contributed by atoms with Gasteiger partial charge in [0.25, 0.3) is 0 Å². The summed E-state index contributed by atoms with van der Waals surface area (Å²) in [6.07, 6.45) is 0. The lowest BCUT2D eigenvalue weighted by atomic mass is 9.78. The van der Waals surface area contributed by atoms with Crippen LogP contribution in [0.4, 0.5) is 0 Å². The number of fused-ring (bicyclic) bond motifs is 1. The van der Waals surface area contributed by atoms with Gasteiger partial charge in [-0.05, 0) is 50.9 Å². The highest BCUT2D eigenvalue weighted by Crippen LogP contribution is 2.36. The molecule has 1 fully saturated rings. The zero-order valence-corrected chi connectivity index (χ0v) is 17.3. The van der Waals surface area contributed by atoms with E-state index in [9.17, 15) is 0 Å². The molecule has 3 rings (SSSR count). The van der Waals surface area contributed by atoms with E-state index in [1.54, 1.807) is 0 Å². The van der Waals surface area contributed by atoms with Crippen LogP contribution in [0.1, 0.15) is 33.3 Å². The van der Waals surface area contributed by atoms with Crippen LogP contribution in [0.15, 0.2) is 30.3 Å². The summed E-state index contributed by atoms with van der Waals surface area (Å²) in [5, 5.41) is 4.14. The summed E-state index contributed by atoms with van der Waals surface area (Å²) in [6.45, 7) is 17.8. The van der Waals surface area contributed by atoms with Gasteiger partial charge in [0.1, 0.15) is 0 Å². The molecule has 2 aromatic rings. The second-order valence-electron chi connectivity index (χ2n) is 9.13. The van der Waals surface area contributed by atoms with Gasteiger partial charge < -0.3 is 9.31 Å². The fraction of sp³-hybridized carbons (Fsp3) is 0.500. The first-order valence-electron chi connectivity index (χ1n) is 8.81. The molecule has 4 heteroatoms. The van der Waals surface area contributed by atoms with Crippen LogP contribution in [0.25, 0.3) is 10.8 Å². The molecular formula is C20H29BO2Si. The van der Waals surface area contributed by atoms with Crippen molar-refractivity contribution in [1.29, 1.82) is 0 Å². The molecule has 0 aliphatic carbocycles. The van der Waals surface area contributed by atoms with Crippen molar-refractivity contribution in [2.24, 2.45) is 0 Å². The molecule has 0 N–H and O–H groups in total. The molecule has 0 radical (unpaired) electrons. The van der Waals surface area contributed by atoms with Gasteiger partial charge in [0.05, 0.1) is 19.3 Å². The van der Waals surface area contributed by atoms with Crippen LogP contribution in [0.2, 0.25) is 19.6 Å². The number of benzene rings is 2. The van der Waals surface area contributed by atoms with E-state index in [0.29, 0.717) is 0 Å². The second kappa shape index (κ2) is 5.45. The van der Waals surface area contributed by atoms with Gasteiger partial charge in [0, 0.05) is 0 Å². The van der Waals surface area contributed by atoms with Gasteiger partial charge in [-0.2, -0.15) is 0 Å². The lowest BCUT2D eigenvalue weighted by Gasteiger charge is -2.32. The maximum atomic E-state index is 6.29. The van der Waals surface area contributed by atoms with E-state index in [1.165, 1.54) is 21.5 Å². The van der Waals surface area contributed by atoms with Gasteiger partial charge in [-0.25, -0.2) is 0 Å². The number of aryl methyl sites for hydroxylation is 1. The van der Waals surface area contributed by atoms with Crippen molar-refractivity contribution in [3.8, 4) is 0 Å². The predicted octanol–water partition coefficient (Wildman–Crippen LogP) is 3.99. The van der Waals surface area contributed by atoms with Crippen molar-refractivity contribution in [2.45, 2.75) is 65.5 Å². The van der Waals surface area contributed by atoms with E-state index in [1.807, 2.05) is 0 Å². The van der Waals surface area contributed by atoms with Crippen LogP contribution in [0, 0.1) is 6.92 Å². The summed E-state index contributed by atoms with van der Waals surface area (Å²) in [5.41, 5.74) is 1.82. The SMILES string of the molecule is Cc1ccc2c([Si](C)(C)C)cc(B3OC(C)(C)C(C)(C)O3)cc2c1. The van der Waals surface area contributed by atoms with Gasteiger partial charge in [0.15, 0.2) is 0 Å². The van der Waals surface area contributed by atoms with E-state index in [2.05, 4.69) is 84.6 Å². The molecule has 0 unspecified atom stereocenters. The Hall–Kier alpha value is -1.10. The first-order chi connectivity index (χ1) is 10.9. The largest absolute Gasteiger partial charge is 0.494 e. The molecule has 24 heavy (non-hydrogen) atoms. The van der Waals surface area contributed by atoms with E-state index in [0.717, 1.165) is 5.46 Å². The number of hydrogen-bond acceptors (Lipinski definition) is 2. The first kappa shape index (κ1) is 17.7. The molecule has 1 heterocycles. The molecule has 0 spiro atoms. The third kappa shape index (κ3) is 2.96. The van der Waals surface area contributed by atoms with Gasteiger partial charge in [-0.3, -0.25) is 0 Å². The maximum absolute atomic E-state index is 6.29. The van der Waals surface area contributed by atoms with Crippen molar-refractivity contribution in [2.75, 3.05) is 0 Å². The molecule has 1 saturated heterocycles. The maximum Gasteiger partial charge on any atom is 0.494 e. The fourth-order valence-electron chi connectivity index (χ4n) is 3.25. The van der Waals surface area contributed by atoms with Crippen LogP contribution >= 0.6 is 0 Å². The zero-order valence-electron chi connectivity index (χ0n) is 16.3. The Morgan fingerprint density at radius 1 is 0.875 bits per heavy atom. The molecule has 2 aromatic carbocycles. The summed E-state index contributed by atoms with van der Waals surface area (Å²) in [5.74, 6) is 0. The predicted molar refractivity (Wildman–Crippen MR) is 107 cm³/mol. The summed E-state index contributed by atoms with van der Waals surface area (Å²) >= 11 is 0. The van der Waals surface area contributed by atoms with Crippen molar-refractivity contribution < 1.29 is 9.31 Å². The van der Waals surface area contributed by atoms with Crippen LogP contribution < -0.4 is 10.6 Å². The first-order valence-corrected chi connectivity index (χ1v) is 12.3.